The molecular weight excluding hydrogens is 339 g/mol. The topological polar surface area (TPSA) is 35.5 Å². The Morgan fingerprint density at radius 3 is 2.52 bits per heavy atom. The minimum Gasteiger partial charge on any atom is -0.497 e. The van der Waals surface area contributed by atoms with Gasteiger partial charge in [-0.1, -0.05) is 15.9 Å². The van der Waals surface area contributed by atoms with Crippen molar-refractivity contribution < 1.29 is 18.7 Å². The summed E-state index contributed by atoms with van der Waals surface area (Å²) >= 11 is 3.40. The number of carbonyl (C=O) groups is 1. The van der Waals surface area contributed by atoms with E-state index in [0.717, 1.165) is 10.0 Å². The van der Waals surface area contributed by atoms with Gasteiger partial charge >= 0.3 is 0 Å². The molecular formula is C16H14BrFO3. The lowest BCUT2D eigenvalue weighted by Crippen LogP contribution is -2.05. The Balaban J connectivity index is 2.23. The zero-order valence-electron chi connectivity index (χ0n) is 11.7. The number of halogens is 2. The molecule has 3 nitrogen and oxygen atoms in total. The maximum atomic E-state index is 13.6. The monoisotopic (exact) mass is 352 g/mol. The molecule has 0 N–H and O–H groups in total. The Hall–Kier alpha value is -1.88. The normalized spacial score (nSPS) is 10.3. The Morgan fingerprint density at radius 2 is 1.90 bits per heavy atom. The van der Waals surface area contributed by atoms with Crippen LogP contribution in [0.15, 0.2) is 40.9 Å². The number of hydrogen-bond donors (Lipinski definition) is 0. The van der Waals surface area contributed by atoms with Crippen molar-refractivity contribution in [2.24, 2.45) is 0 Å². The van der Waals surface area contributed by atoms with E-state index in [2.05, 4.69) is 15.9 Å². The first-order chi connectivity index (χ1) is 10.0. The summed E-state index contributed by atoms with van der Waals surface area (Å²) in [6.45, 7) is 0. The summed E-state index contributed by atoms with van der Waals surface area (Å²) in [5.41, 5.74) is 1.10. The fourth-order valence-corrected chi connectivity index (χ4v) is 2.32. The van der Waals surface area contributed by atoms with Crippen LogP contribution >= 0.6 is 15.9 Å². The van der Waals surface area contributed by atoms with E-state index in [1.807, 2.05) is 6.07 Å². The third-order valence-electron chi connectivity index (χ3n) is 3.08. The van der Waals surface area contributed by atoms with Crippen molar-refractivity contribution in [1.29, 1.82) is 0 Å². The van der Waals surface area contributed by atoms with Crippen LogP contribution in [0.3, 0.4) is 0 Å². The van der Waals surface area contributed by atoms with E-state index in [-0.39, 0.29) is 18.0 Å². The van der Waals surface area contributed by atoms with Gasteiger partial charge in [-0.2, -0.15) is 0 Å². The fraction of sp³-hybridized carbons (Fsp3) is 0.188. The Morgan fingerprint density at radius 1 is 1.14 bits per heavy atom. The van der Waals surface area contributed by atoms with Gasteiger partial charge in [0.2, 0.25) is 0 Å². The highest BCUT2D eigenvalue weighted by Gasteiger charge is 2.13. The average Bonchev–Trinajstić information content (AvgIpc) is 2.49. The second-order valence-electron chi connectivity index (χ2n) is 4.41. The van der Waals surface area contributed by atoms with Crippen LogP contribution in [0.5, 0.6) is 11.5 Å². The summed E-state index contributed by atoms with van der Waals surface area (Å²) in [5.74, 6) is 0.0644. The van der Waals surface area contributed by atoms with E-state index in [0.29, 0.717) is 11.3 Å². The molecule has 21 heavy (non-hydrogen) atoms. The van der Waals surface area contributed by atoms with E-state index in [1.54, 1.807) is 25.3 Å². The Bertz CT molecular complexity index is 671. The van der Waals surface area contributed by atoms with Crippen LogP contribution in [-0.4, -0.2) is 20.0 Å². The van der Waals surface area contributed by atoms with E-state index in [1.165, 1.54) is 19.2 Å². The number of benzene rings is 2. The predicted octanol–water partition coefficient (Wildman–Crippen LogP) is 4.03. The summed E-state index contributed by atoms with van der Waals surface area (Å²) in [4.78, 5) is 12.2. The molecule has 0 atom stereocenters. The second-order valence-corrected chi connectivity index (χ2v) is 5.26. The summed E-state index contributed by atoms with van der Waals surface area (Å²) < 4.78 is 24.4. The molecule has 0 aliphatic rings. The van der Waals surface area contributed by atoms with Crippen LogP contribution in [0.1, 0.15) is 15.9 Å². The first kappa shape index (κ1) is 15.5. The van der Waals surface area contributed by atoms with E-state index in [4.69, 9.17) is 9.47 Å². The molecule has 0 aliphatic heterocycles. The van der Waals surface area contributed by atoms with Crippen molar-refractivity contribution in [1.82, 2.24) is 0 Å². The van der Waals surface area contributed by atoms with Crippen molar-refractivity contribution in [3.8, 4) is 11.5 Å². The van der Waals surface area contributed by atoms with E-state index < -0.39 is 5.82 Å². The van der Waals surface area contributed by atoms with Crippen LogP contribution in [0, 0.1) is 5.82 Å². The highest BCUT2D eigenvalue weighted by Crippen LogP contribution is 2.25. The number of ketones is 1. The fourth-order valence-electron chi connectivity index (χ4n) is 1.93. The smallest absolute Gasteiger partial charge is 0.167 e. The molecule has 2 aromatic rings. The SMILES string of the molecule is COc1ccc(Br)c(CC(=O)c2ccc(OC)c(F)c2)c1. The molecule has 0 bridgehead atoms. The maximum absolute atomic E-state index is 13.6. The molecule has 0 saturated heterocycles. The van der Waals surface area contributed by atoms with Gasteiger partial charge < -0.3 is 9.47 Å². The molecule has 0 amide bonds. The number of hydrogen-bond acceptors (Lipinski definition) is 3. The molecule has 0 aliphatic carbocycles. The van der Waals surface area contributed by atoms with Crippen molar-refractivity contribution in [2.45, 2.75) is 6.42 Å². The van der Waals surface area contributed by atoms with E-state index >= 15 is 0 Å². The molecule has 0 aromatic heterocycles. The molecule has 0 radical (unpaired) electrons. The minimum atomic E-state index is -0.548. The van der Waals surface area contributed by atoms with Crippen molar-refractivity contribution >= 4 is 21.7 Å². The zero-order valence-corrected chi connectivity index (χ0v) is 13.2. The third-order valence-corrected chi connectivity index (χ3v) is 3.85. The van der Waals surface area contributed by atoms with Crippen molar-refractivity contribution in [3.05, 3.63) is 57.8 Å². The quantitative estimate of drug-likeness (QED) is 0.762. The van der Waals surface area contributed by atoms with Crippen molar-refractivity contribution in [3.63, 3.8) is 0 Å². The summed E-state index contributed by atoms with van der Waals surface area (Å²) in [6.07, 6.45) is 0.156. The van der Waals surface area contributed by atoms with Gasteiger partial charge in [-0.05, 0) is 42.0 Å². The van der Waals surface area contributed by atoms with Gasteiger partial charge in [-0.25, -0.2) is 4.39 Å². The van der Waals surface area contributed by atoms with Gasteiger partial charge in [0.25, 0.3) is 0 Å². The molecule has 0 spiro atoms. The van der Waals surface area contributed by atoms with Gasteiger partial charge in [0, 0.05) is 16.5 Å². The van der Waals surface area contributed by atoms with Gasteiger partial charge in [0.15, 0.2) is 17.3 Å². The van der Waals surface area contributed by atoms with Crippen LogP contribution in [0.25, 0.3) is 0 Å². The van der Waals surface area contributed by atoms with Crippen LogP contribution in [0.2, 0.25) is 0 Å². The van der Waals surface area contributed by atoms with Crippen LogP contribution in [0.4, 0.5) is 4.39 Å². The molecule has 5 heteroatoms. The molecule has 0 heterocycles. The highest BCUT2D eigenvalue weighted by atomic mass is 79.9. The summed E-state index contributed by atoms with van der Waals surface area (Å²) in [5, 5.41) is 0. The van der Waals surface area contributed by atoms with Crippen LogP contribution < -0.4 is 9.47 Å². The number of carbonyl (C=O) groups excluding carboxylic acids is 1. The maximum Gasteiger partial charge on any atom is 0.167 e. The van der Waals surface area contributed by atoms with Crippen LogP contribution in [-0.2, 0) is 6.42 Å². The van der Waals surface area contributed by atoms with Gasteiger partial charge in [0.05, 0.1) is 14.2 Å². The first-order valence-electron chi connectivity index (χ1n) is 6.24. The van der Waals surface area contributed by atoms with Crippen molar-refractivity contribution in [2.75, 3.05) is 14.2 Å². The molecule has 0 unspecified atom stereocenters. The number of rotatable bonds is 5. The summed E-state index contributed by atoms with van der Waals surface area (Å²) in [7, 11) is 2.95. The van der Waals surface area contributed by atoms with Gasteiger partial charge in [-0.15, -0.1) is 0 Å². The molecule has 0 fully saturated rings. The standard InChI is InChI=1S/C16H14BrFO3/c1-20-12-4-5-13(17)11(7-12)9-15(19)10-3-6-16(21-2)14(18)8-10/h3-8H,9H2,1-2H3. The molecule has 0 saturated carbocycles. The number of Topliss-reactive ketones (excluding diaryl/α,β-unsaturated/α-hetero) is 1. The second kappa shape index (κ2) is 6.72. The Kier molecular flexibility index (Phi) is 4.96. The predicted molar refractivity (Wildman–Crippen MR) is 81.7 cm³/mol. The number of ether oxygens (including phenoxy) is 2. The van der Waals surface area contributed by atoms with E-state index in [9.17, 15) is 9.18 Å². The molecule has 110 valence electrons. The lowest BCUT2D eigenvalue weighted by atomic mass is 10.0. The zero-order chi connectivity index (χ0) is 15.4. The Labute approximate surface area is 130 Å². The molecule has 2 aromatic carbocycles. The lowest BCUT2D eigenvalue weighted by Gasteiger charge is -2.08. The minimum absolute atomic E-state index is 0.120. The van der Waals surface area contributed by atoms with Gasteiger partial charge in [0.1, 0.15) is 5.75 Å². The lowest BCUT2D eigenvalue weighted by molar-refractivity contribution is 0.0992. The largest absolute Gasteiger partial charge is 0.497 e. The highest BCUT2D eigenvalue weighted by molar-refractivity contribution is 9.10. The average molecular weight is 353 g/mol. The third kappa shape index (κ3) is 3.61. The number of methoxy groups -OCH3 is 2. The first-order valence-corrected chi connectivity index (χ1v) is 7.03. The molecule has 2 rings (SSSR count). The summed E-state index contributed by atoms with van der Waals surface area (Å²) in [6, 6.07) is 9.58. The van der Waals surface area contributed by atoms with Gasteiger partial charge in [-0.3, -0.25) is 4.79 Å².